The quantitative estimate of drug-likeness (QED) is 0.361. The highest BCUT2D eigenvalue weighted by atomic mass is 35.5. The zero-order valence-corrected chi connectivity index (χ0v) is 19.7. The van der Waals surface area contributed by atoms with Gasteiger partial charge in [0.15, 0.2) is 5.01 Å². The van der Waals surface area contributed by atoms with E-state index in [1.807, 2.05) is 6.07 Å². The number of hydrogen-bond donors (Lipinski definition) is 4. The number of hydrogen-bond acceptors (Lipinski definition) is 6. The van der Waals surface area contributed by atoms with E-state index in [0.717, 1.165) is 47.5 Å². The first-order valence-corrected chi connectivity index (χ1v) is 11.9. The summed E-state index contributed by atoms with van der Waals surface area (Å²) in [4.78, 5) is 46.8. The van der Waals surface area contributed by atoms with Crippen LogP contribution in [0, 0.1) is 0 Å². The highest BCUT2D eigenvalue weighted by molar-refractivity contribution is 7.13. The molecule has 11 heteroatoms. The zero-order chi connectivity index (χ0) is 23.4. The Balaban J connectivity index is 1.23. The highest BCUT2D eigenvalue weighted by Gasteiger charge is 2.22. The van der Waals surface area contributed by atoms with Crippen molar-refractivity contribution in [2.24, 2.45) is 0 Å². The molecule has 9 nitrogen and oxygen atoms in total. The largest absolute Gasteiger partial charge is 0.355 e. The van der Waals surface area contributed by atoms with Gasteiger partial charge >= 0.3 is 0 Å². The molecule has 0 bridgehead atoms. The molecule has 2 aromatic heterocycles. The molecule has 0 atom stereocenters. The average Bonchev–Trinajstić information content (AvgIpc) is 3.39. The first-order chi connectivity index (χ1) is 15.9. The molecule has 3 amide bonds. The van der Waals surface area contributed by atoms with Crippen molar-refractivity contribution in [1.82, 2.24) is 30.8 Å². The monoisotopic (exact) mass is 488 g/mol. The molecule has 0 fully saturated rings. The fourth-order valence-electron chi connectivity index (χ4n) is 3.68. The smallest absolute Gasteiger partial charge is 0.280 e. The minimum Gasteiger partial charge on any atom is -0.355 e. The lowest BCUT2D eigenvalue weighted by atomic mass is 10.2. The summed E-state index contributed by atoms with van der Waals surface area (Å²) in [5.41, 5.74) is 2.24. The Morgan fingerprint density at radius 1 is 1.12 bits per heavy atom. The summed E-state index contributed by atoms with van der Waals surface area (Å²) >= 11 is 7.38. The molecule has 3 aromatic rings. The third-order valence-electron chi connectivity index (χ3n) is 5.33. The van der Waals surface area contributed by atoms with Crippen LogP contribution in [0.25, 0.3) is 10.9 Å². The number of carbonyl (C=O) groups is 3. The van der Waals surface area contributed by atoms with Gasteiger partial charge in [0, 0.05) is 73.4 Å². The minimum absolute atomic E-state index is 0.0353. The number of fused-ring (bicyclic) bond motifs is 2. The first kappa shape index (κ1) is 23.2. The second-order valence-corrected chi connectivity index (χ2v) is 9.34. The van der Waals surface area contributed by atoms with E-state index in [9.17, 15) is 14.4 Å². The van der Waals surface area contributed by atoms with Crippen LogP contribution in [-0.4, -0.2) is 65.3 Å². The Labute approximate surface area is 199 Å². The van der Waals surface area contributed by atoms with Crippen molar-refractivity contribution in [2.75, 3.05) is 32.7 Å². The van der Waals surface area contributed by atoms with Crippen LogP contribution >= 0.6 is 22.9 Å². The van der Waals surface area contributed by atoms with Gasteiger partial charge in [0.2, 0.25) is 5.91 Å². The van der Waals surface area contributed by atoms with Crippen LogP contribution < -0.4 is 16.0 Å². The summed E-state index contributed by atoms with van der Waals surface area (Å²) in [6.07, 6.45) is 0.783. The number of benzene rings is 1. The van der Waals surface area contributed by atoms with Crippen LogP contribution in [0.4, 0.5) is 0 Å². The van der Waals surface area contributed by atoms with Gasteiger partial charge in [0.25, 0.3) is 11.8 Å². The minimum atomic E-state index is -0.249. The maximum atomic E-state index is 12.5. The summed E-state index contributed by atoms with van der Waals surface area (Å²) < 4.78 is 0. The van der Waals surface area contributed by atoms with Crippen LogP contribution in [-0.2, 0) is 17.8 Å². The number of thiazole rings is 1. The van der Waals surface area contributed by atoms with Crippen molar-refractivity contribution in [3.05, 3.63) is 50.6 Å². The lowest BCUT2D eigenvalue weighted by Gasteiger charge is -2.25. The number of nitrogens with one attached hydrogen (secondary N) is 4. The lowest BCUT2D eigenvalue weighted by Crippen LogP contribution is -2.36. The standard InChI is InChI=1S/C22H25ClN6O3S/c1-13(30)24-7-9-29-8-4-17-19(12-29)33-22(28-17)21(32)26-6-5-25-20(31)18-11-14-10-15(23)2-3-16(14)27-18/h2-3,10-11,27H,4-9,12H2,1H3,(H,24,30)(H,25,31)(H,26,32). The Morgan fingerprint density at radius 3 is 2.70 bits per heavy atom. The van der Waals surface area contributed by atoms with Crippen LogP contribution in [0.15, 0.2) is 24.3 Å². The summed E-state index contributed by atoms with van der Waals surface area (Å²) in [6, 6.07) is 7.12. The molecule has 0 unspecified atom stereocenters. The molecule has 33 heavy (non-hydrogen) atoms. The van der Waals surface area contributed by atoms with Gasteiger partial charge in [-0.3, -0.25) is 19.3 Å². The van der Waals surface area contributed by atoms with Crippen LogP contribution in [0.1, 0.15) is 37.8 Å². The van der Waals surface area contributed by atoms with Gasteiger partial charge in [0.05, 0.1) is 5.69 Å². The molecule has 1 aliphatic rings. The second-order valence-electron chi connectivity index (χ2n) is 7.82. The van der Waals surface area contributed by atoms with E-state index >= 15 is 0 Å². The van der Waals surface area contributed by atoms with E-state index < -0.39 is 0 Å². The van der Waals surface area contributed by atoms with E-state index in [-0.39, 0.29) is 17.7 Å². The Morgan fingerprint density at radius 2 is 1.91 bits per heavy atom. The van der Waals surface area contributed by atoms with E-state index in [2.05, 4.69) is 30.8 Å². The second kappa shape index (κ2) is 10.3. The number of aromatic amines is 1. The van der Waals surface area contributed by atoms with E-state index in [0.29, 0.717) is 35.4 Å². The van der Waals surface area contributed by atoms with Crippen molar-refractivity contribution >= 4 is 51.6 Å². The highest BCUT2D eigenvalue weighted by Crippen LogP contribution is 2.25. The van der Waals surface area contributed by atoms with Gasteiger partial charge in [-0.15, -0.1) is 11.3 Å². The number of carbonyl (C=O) groups excluding carboxylic acids is 3. The molecular weight excluding hydrogens is 464 g/mol. The van der Waals surface area contributed by atoms with E-state index in [1.165, 1.54) is 18.3 Å². The number of aromatic nitrogens is 2. The first-order valence-electron chi connectivity index (χ1n) is 10.7. The fraction of sp³-hybridized carbons (Fsp3) is 0.364. The molecule has 0 spiro atoms. The Kier molecular flexibility index (Phi) is 7.26. The van der Waals surface area contributed by atoms with Crippen LogP contribution in [0.3, 0.4) is 0 Å². The topological polar surface area (TPSA) is 119 Å². The molecule has 0 saturated heterocycles. The van der Waals surface area contributed by atoms with E-state index in [1.54, 1.807) is 18.2 Å². The molecule has 4 N–H and O–H groups in total. The van der Waals surface area contributed by atoms with Gasteiger partial charge in [0.1, 0.15) is 5.69 Å². The summed E-state index contributed by atoms with van der Waals surface area (Å²) in [6.45, 7) is 5.05. The molecule has 0 radical (unpaired) electrons. The predicted octanol–water partition coefficient (Wildman–Crippen LogP) is 1.93. The van der Waals surface area contributed by atoms with Gasteiger partial charge in [-0.2, -0.15) is 0 Å². The summed E-state index contributed by atoms with van der Waals surface area (Å²) in [5, 5.41) is 10.3. The Hall–Kier alpha value is -2.95. The average molecular weight is 489 g/mol. The molecule has 4 rings (SSSR count). The van der Waals surface area contributed by atoms with Crippen LogP contribution in [0.2, 0.25) is 5.02 Å². The Bertz CT molecular complexity index is 1190. The van der Waals surface area contributed by atoms with Crippen molar-refractivity contribution < 1.29 is 14.4 Å². The molecule has 174 valence electrons. The van der Waals surface area contributed by atoms with Crippen LogP contribution in [0.5, 0.6) is 0 Å². The molecule has 0 saturated carbocycles. The third-order valence-corrected chi connectivity index (χ3v) is 6.65. The SMILES string of the molecule is CC(=O)NCCN1CCc2nc(C(=O)NCCNC(=O)c3cc4cc(Cl)ccc4[nH]3)sc2C1. The maximum absolute atomic E-state index is 12.5. The number of halogens is 1. The van der Waals surface area contributed by atoms with Gasteiger partial charge in [-0.25, -0.2) is 4.98 Å². The molecule has 1 aliphatic heterocycles. The normalized spacial score (nSPS) is 13.5. The van der Waals surface area contributed by atoms with Crippen molar-refractivity contribution in [2.45, 2.75) is 19.9 Å². The molecule has 0 aliphatic carbocycles. The number of amides is 3. The number of rotatable bonds is 8. The van der Waals surface area contributed by atoms with Crippen molar-refractivity contribution in [3.63, 3.8) is 0 Å². The zero-order valence-electron chi connectivity index (χ0n) is 18.2. The molecular formula is C22H25ClN6O3S. The van der Waals surface area contributed by atoms with Crippen molar-refractivity contribution in [3.8, 4) is 0 Å². The number of nitrogens with zero attached hydrogens (tertiary/aromatic N) is 2. The third kappa shape index (κ3) is 5.89. The van der Waals surface area contributed by atoms with Gasteiger partial charge in [-0.05, 0) is 24.3 Å². The summed E-state index contributed by atoms with van der Waals surface area (Å²) in [7, 11) is 0. The lowest BCUT2D eigenvalue weighted by molar-refractivity contribution is -0.119. The molecule has 1 aromatic carbocycles. The fourth-order valence-corrected chi connectivity index (χ4v) is 4.92. The maximum Gasteiger partial charge on any atom is 0.280 e. The van der Waals surface area contributed by atoms with Gasteiger partial charge in [-0.1, -0.05) is 11.6 Å². The summed E-state index contributed by atoms with van der Waals surface area (Å²) in [5.74, 6) is -0.527. The predicted molar refractivity (Wildman–Crippen MR) is 128 cm³/mol. The van der Waals surface area contributed by atoms with Crippen molar-refractivity contribution in [1.29, 1.82) is 0 Å². The molecule has 3 heterocycles. The van der Waals surface area contributed by atoms with E-state index in [4.69, 9.17) is 11.6 Å². The van der Waals surface area contributed by atoms with Gasteiger partial charge < -0.3 is 20.9 Å². The number of H-pyrrole nitrogens is 1.